The van der Waals surface area contributed by atoms with Crippen molar-refractivity contribution in [2.75, 3.05) is 18.5 Å². The van der Waals surface area contributed by atoms with Crippen LogP contribution in [0.25, 0.3) is 0 Å². The molecular weight excluding hydrogens is 231 g/mol. The third-order valence-corrected chi connectivity index (χ3v) is 3.59. The zero-order valence-corrected chi connectivity index (χ0v) is 10.9. The van der Waals surface area contributed by atoms with Crippen LogP contribution >= 0.6 is 0 Å². The van der Waals surface area contributed by atoms with E-state index in [0.717, 1.165) is 25.8 Å². The van der Waals surface area contributed by atoms with Crippen molar-refractivity contribution in [2.24, 2.45) is 0 Å². The van der Waals surface area contributed by atoms with Crippen molar-refractivity contribution in [1.82, 2.24) is 5.32 Å². The largest absolute Gasteiger partial charge is 0.314 e. The highest BCUT2D eigenvalue weighted by atomic mass is 19.1. The van der Waals surface area contributed by atoms with E-state index < -0.39 is 5.54 Å². The van der Waals surface area contributed by atoms with E-state index in [1.54, 1.807) is 19.2 Å². The van der Waals surface area contributed by atoms with Crippen LogP contribution in [0.4, 0.5) is 10.1 Å². The molecule has 0 bridgehead atoms. The molecule has 1 aliphatic heterocycles. The monoisotopic (exact) mass is 250 g/mol. The van der Waals surface area contributed by atoms with Crippen molar-refractivity contribution >= 4 is 11.6 Å². The van der Waals surface area contributed by atoms with E-state index in [4.69, 9.17) is 0 Å². The summed E-state index contributed by atoms with van der Waals surface area (Å²) in [6.07, 6.45) is 2.98. The topological polar surface area (TPSA) is 32.3 Å². The summed E-state index contributed by atoms with van der Waals surface area (Å²) < 4.78 is 13.2. The molecule has 18 heavy (non-hydrogen) atoms. The molecule has 0 aromatic heterocycles. The lowest BCUT2D eigenvalue weighted by atomic mass is 9.89. The number of amides is 1. The number of benzene rings is 1. The summed E-state index contributed by atoms with van der Waals surface area (Å²) in [7, 11) is 1.69. The summed E-state index contributed by atoms with van der Waals surface area (Å²) in [6, 6.07) is 6.12. The van der Waals surface area contributed by atoms with Gasteiger partial charge in [0.2, 0.25) is 5.91 Å². The molecule has 1 unspecified atom stereocenters. The second-order valence-electron chi connectivity index (χ2n) is 5.06. The van der Waals surface area contributed by atoms with Gasteiger partial charge < -0.3 is 10.2 Å². The molecule has 2 rings (SSSR count). The molecule has 1 N–H and O–H groups in total. The predicted octanol–water partition coefficient (Wildman–Crippen LogP) is 2.32. The van der Waals surface area contributed by atoms with Gasteiger partial charge in [-0.2, -0.15) is 0 Å². The molecule has 1 aromatic rings. The quantitative estimate of drug-likeness (QED) is 0.873. The van der Waals surface area contributed by atoms with Crippen molar-refractivity contribution < 1.29 is 9.18 Å². The standard InChI is InChI=1S/C14H19FN2O/c1-14(8-3-4-9-16-14)13(18)17(2)12-7-5-6-11(15)10-12/h5-7,10,16H,3-4,8-9H2,1-2H3. The fraction of sp³-hybridized carbons (Fsp3) is 0.500. The fourth-order valence-electron chi connectivity index (χ4n) is 2.41. The molecule has 3 nitrogen and oxygen atoms in total. The van der Waals surface area contributed by atoms with Gasteiger partial charge in [-0.15, -0.1) is 0 Å². The van der Waals surface area contributed by atoms with Gasteiger partial charge in [0.25, 0.3) is 0 Å². The van der Waals surface area contributed by atoms with Crippen molar-refractivity contribution in [3.63, 3.8) is 0 Å². The van der Waals surface area contributed by atoms with E-state index in [9.17, 15) is 9.18 Å². The lowest BCUT2D eigenvalue weighted by Gasteiger charge is -2.36. The van der Waals surface area contributed by atoms with Crippen LogP contribution in [-0.4, -0.2) is 25.0 Å². The Morgan fingerprint density at radius 2 is 2.22 bits per heavy atom. The van der Waals surface area contributed by atoms with Crippen molar-refractivity contribution in [2.45, 2.75) is 31.7 Å². The first kappa shape index (κ1) is 13.0. The Labute approximate surface area is 107 Å². The Morgan fingerprint density at radius 1 is 1.44 bits per heavy atom. The van der Waals surface area contributed by atoms with Crippen LogP contribution in [0.2, 0.25) is 0 Å². The first-order valence-electron chi connectivity index (χ1n) is 6.32. The number of carbonyl (C=O) groups is 1. The van der Waals surface area contributed by atoms with Crippen molar-refractivity contribution in [3.8, 4) is 0 Å². The third kappa shape index (κ3) is 2.53. The average Bonchev–Trinajstić information content (AvgIpc) is 2.38. The summed E-state index contributed by atoms with van der Waals surface area (Å²) >= 11 is 0. The minimum atomic E-state index is -0.528. The molecule has 4 heteroatoms. The maximum absolute atomic E-state index is 13.2. The average molecular weight is 250 g/mol. The van der Waals surface area contributed by atoms with Gasteiger partial charge in [0.1, 0.15) is 5.82 Å². The Kier molecular flexibility index (Phi) is 3.66. The number of rotatable bonds is 2. The molecule has 0 radical (unpaired) electrons. The first-order valence-corrected chi connectivity index (χ1v) is 6.32. The number of carbonyl (C=O) groups excluding carboxylic acids is 1. The molecule has 1 aliphatic rings. The molecule has 1 atom stereocenters. The Hall–Kier alpha value is -1.42. The fourth-order valence-corrected chi connectivity index (χ4v) is 2.41. The smallest absolute Gasteiger partial charge is 0.246 e. The molecule has 1 heterocycles. The zero-order chi connectivity index (χ0) is 13.2. The highest BCUT2D eigenvalue weighted by Gasteiger charge is 2.36. The summed E-state index contributed by atoms with van der Waals surface area (Å²) in [5.41, 5.74) is 0.0628. The van der Waals surface area contributed by atoms with Gasteiger partial charge in [0, 0.05) is 12.7 Å². The van der Waals surface area contributed by atoms with E-state index in [2.05, 4.69) is 5.32 Å². The van der Waals surface area contributed by atoms with Crippen LogP contribution in [0.15, 0.2) is 24.3 Å². The molecule has 0 aliphatic carbocycles. The molecule has 1 saturated heterocycles. The summed E-state index contributed by atoms with van der Waals surface area (Å²) in [6.45, 7) is 2.78. The number of nitrogens with one attached hydrogen (secondary N) is 1. The van der Waals surface area contributed by atoms with Crippen LogP contribution in [0.5, 0.6) is 0 Å². The highest BCUT2D eigenvalue weighted by Crippen LogP contribution is 2.24. The second-order valence-corrected chi connectivity index (χ2v) is 5.06. The molecule has 0 saturated carbocycles. The number of likely N-dealkylation sites (N-methyl/N-ethyl adjacent to an activating group) is 1. The van der Waals surface area contributed by atoms with Gasteiger partial charge in [0.05, 0.1) is 5.54 Å². The normalized spacial score (nSPS) is 23.7. The van der Waals surface area contributed by atoms with E-state index >= 15 is 0 Å². The summed E-state index contributed by atoms with van der Waals surface area (Å²) in [4.78, 5) is 14.0. The van der Waals surface area contributed by atoms with Crippen LogP contribution in [0.3, 0.4) is 0 Å². The van der Waals surface area contributed by atoms with Gasteiger partial charge in [-0.25, -0.2) is 4.39 Å². The van der Waals surface area contributed by atoms with Gasteiger partial charge in [-0.05, 0) is 50.9 Å². The Balaban J connectivity index is 2.17. The maximum atomic E-state index is 13.2. The van der Waals surface area contributed by atoms with Crippen molar-refractivity contribution in [3.05, 3.63) is 30.1 Å². The Bertz CT molecular complexity index is 441. The number of anilines is 1. The maximum Gasteiger partial charge on any atom is 0.246 e. The van der Waals surface area contributed by atoms with E-state index in [1.165, 1.54) is 17.0 Å². The van der Waals surface area contributed by atoms with Crippen molar-refractivity contribution in [1.29, 1.82) is 0 Å². The van der Waals surface area contributed by atoms with E-state index in [1.807, 2.05) is 6.92 Å². The molecule has 0 spiro atoms. The molecule has 1 fully saturated rings. The summed E-state index contributed by atoms with van der Waals surface area (Å²) in [5.74, 6) is -0.332. The minimum absolute atomic E-state index is 0.00667. The van der Waals surface area contributed by atoms with Gasteiger partial charge in [-0.1, -0.05) is 6.07 Å². The first-order chi connectivity index (χ1) is 8.53. The molecule has 98 valence electrons. The van der Waals surface area contributed by atoms with E-state index in [-0.39, 0.29) is 11.7 Å². The lowest BCUT2D eigenvalue weighted by molar-refractivity contribution is -0.124. The zero-order valence-electron chi connectivity index (χ0n) is 10.9. The predicted molar refractivity (Wildman–Crippen MR) is 70.1 cm³/mol. The molecule has 1 amide bonds. The van der Waals surface area contributed by atoms with Gasteiger partial charge >= 0.3 is 0 Å². The minimum Gasteiger partial charge on any atom is -0.314 e. The Morgan fingerprint density at radius 3 is 2.83 bits per heavy atom. The van der Waals surface area contributed by atoms with E-state index in [0.29, 0.717) is 5.69 Å². The van der Waals surface area contributed by atoms with Gasteiger partial charge in [-0.3, -0.25) is 4.79 Å². The van der Waals surface area contributed by atoms with Crippen LogP contribution in [0.1, 0.15) is 26.2 Å². The summed E-state index contributed by atoms with van der Waals surface area (Å²) in [5, 5.41) is 3.28. The van der Waals surface area contributed by atoms with Crippen LogP contribution < -0.4 is 10.2 Å². The number of hydrogen-bond donors (Lipinski definition) is 1. The van der Waals surface area contributed by atoms with Gasteiger partial charge in [0.15, 0.2) is 0 Å². The number of piperidine rings is 1. The number of hydrogen-bond acceptors (Lipinski definition) is 2. The van der Waals surface area contributed by atoms with Crippen LogP contribution in [-0.2, 0) is 4.79 Å². The van der Waals surface area contributed by atoms with Crippen LogP contribution in [0, 0.1) is 5.82 Å². The second kappa shape index (κ2) is 5.06. The molecule has 1 aromatic carbocycles. The third-order valence-electron chi connectivity index (χ3n) is 3.59. The highest BCUT2D eigenvalue weighted by molar-refractivity contribution is 5.99. The lowest BCUT2D eigenvalue weighted by Crippen LogP contribution is -2.57. The SMILES string of the molecule is CN(C(=O)C1(C)CCCCN1)c1cccc(F)c1. The number of nitrogens with zero attached hydrogens (tertiary/aromatic N) is 1. The number of halogens is 1. The molecular formula is C14H19FN2O.